The van der Waals surface area contributed by atoms with E-state index in [4.69, 9.17) is 27.7 Å². The van der Waals surface area contributed by atoms with Crippen LogP contribution in [0.2, 0.25) is 10.0 Å². The Balaban J connectivity index is 1.59. The number of aryl methyl sites for hydroxylation is 2. The molecule has 6 nitrogen and oxygen atoms in total. The van der Waals surface area contributed by atoms with E-state index in [0.717, 1.165) is 22.3 Å². The van der Waals surface area contributed by atoms with Crippen molar-refractivity contribution in [3.8, 4) is 11.3 Å². The molecule has 0 radical (unpaired) electrons. The van der Waals surface area contributed by atoms with Gasteiger partial charge in [-0.15, -0.1) is 0 Å². The van der Waals surface area contributed by atoms with E-state index in [1.807, 2.05) is 12.1 Å². The molecule has 0 fully saturated rings. The van der Waals surface area contributed by atoms with Crippen LogP contribution in [0.1, 0.15) is 18.2 Å². The van der Waals surface area contributed by atoms with Crippen molar-refractivity contribution >= 4 is 45.8 Å². The van der Waals surface area contributed by atoms with E-state index in [9.17, 15) is 4.79 Å². The second-order valence-electron chi connectivity index (χ2n) is 6.35. The Morgan fingerprint density at radius 1 is 1.21 bits per heavy atom. The minimum Gasteiger partial charge on any atom is -0.361 e. The first-order valence-corrected chi connectivity index (χ1v) is 9.41. The highest BCUT2D eigenvalue weighted by molar-refractivity contribution is 6.39. The van der Waals surface area contributed by atoms with Crippen molar-refractivity contribution in [2.45, 2.75) is 19.8 Å². The quantitative estimate of drug-likeness (QED) is 0.465. The van der Waals surface area contributed by atoms with Crippen molar-refractivity contribution in [1.82, 2.24) is 15.1 Å². The topological polar surface area (TPSA) is 83.8 Å². The highest BCUT2D eigenvalue weighted by Gasteiger charge is 2.15. The number of carbonyl (C=O) groups is 1. The molecule has 0 spiro atoms. The first-order chi connectivity index (χ1) is 13.5. The maximum atomic E-state index is 11.6. The molecule has 2 N–H and O–H groups in total. The fraction of sp³-hybridized carbons (Fsp3) is 0.150. The van der Waals surface area contributed by atoms with Crippen LogP contribution in [0.25, 0.3) is 22.3 Å². The number of H-pyrrole nitrogens is 1. The fourth-order valence-corrected chi connectivity index (χ4v) is 3.70. The average molecular weight is 415 g/mol. The van der Waals surface area contributed by atoms with Gasteiger partial charge >= 0.3 is 0 Å². The second-order valence-corrected chi connectivity index (χ2v) is 7.17. The van der Waals surface area contributed by atoms with Gasteiger partial charge < -0.3 is 14.8 Å². The van der Waals surface area contributed by atoms with Crippen molar-refractivity contribution in [3.63, 3.8) is 0 Å². The maximum Gasteiger partial charge on any atom is 0.221 e. The molecule has 3 aromatic heterocycles. The van der Waals surface area contributed by atoms with Gasteiger partial charge in [-0.25, -0.2) is 4.98 Å². The normalized spacial score (nSPS) is 11.1. The van der Waals surface area contributed by atoms with E-state index in [1.165, 1.54) is 6.92 Å². The van der Waals surface area contributed by atoms with E-state index >= 15 is 0 Å². The first-order valence-electron chi connectivity index (χ1n) is 8.65. The second kappa shape index (κ2) is 7.66. The highest BCUT2D eigenvalue weighted by Crippen LogP contribution is 2.34. The lowest BCUT2D eigenvalue weighted by Gasteiger charge is -2.10. The predicted octanol–water partition coefficient (Wildman–Crippen LogP) is 5.27. The predicted molar refractivity (Wildman–Crippen MR) is 110 cm³/mol. The van der Waals surface area contributed by atoms with E-state index < -0.39 is 0 Å². The summed E-state index contributed by atoms with van der Waals surface area (Å²) in [6.07, 6.45) is 4.75. The van der Waals surface area contributed by atoms with Gasteiger partial charge in [0, 0.05) is 42.8 Å². The summed E-state index contributed by atoms with van der Waals surface area (Å²) >= 11 is 12.5. The number of carbonyl (C=O) groups excluding carboxylic acids is 1. The molecule has 4 rings (SSSR count). The molecule has 0 atom stereocenters. The van der Waals surface area contributed by atoms with Gasteiger partial charge in [0.25, 0.3) is 0 Å². The number of aromatic amines is 1. The van der Waals surface area contributed by atoms with Gasteiger partial charge in [-0.3, -0.25) is 4.79 Å². The van der Waals surface area contributed by atoms with Crippen LogP contribution in [0.5, 0.6) is 0 Å². The van der Waals surface area contributed by atoms with Crippen molar-refractivity contribution < 1.29 is 9.32 Å². The van der Waals surface area contributed by atoms with Crippen molar-refractivity contribution in [1.29, 1.82) is 0 Å². The standard InChI is InChI=1S/C20H16Cl2N4O2/c1-11(27)25-19-12(10-24-20-14(19)7-8-23-20)5-6-13-9-17(26-28-13)18-15(21)3-2-4-16(18)22/h2-4,7-10H,5-6H2,1H3,(H2,23,24,25,27). The van der Waals surface area contributed by atoms with Crippen LogP contribution in [0.3, 0.4) is 0 Å². The van der Waals surface area contributed by atoms with Crippen LogP contribution < -0.4 is 5.32 Å². The lowest BCUT2D eigenvalue weighted by Crippen LogP contribution is -2.09. The maximum absolute atomic E-state index is 11.6. The van der Waals surface area contributed by atoms with Crippen molar-refractivity contribution in [2.24, 2.45) is 0 Å². The van der Waals surface area contributed by atoms with Crippen LogP contribution >= 0.6 is 23.2 Å². The minimum atomic E-state index is -0.134. The molecule has 3 heterocycles. The third-order valence-corrected chi connectivity index (χ3v) is 5.01. The molecule has 142 valence electrons. The number of benzene rings is 1. The Labute approximate surface area is 170 Å². The Hall–Kier alpha value is -2.83. The number of rotatable bonds is 5. The molecule has 0 aliphatic heterocycles. The van der Waals surface area contributed by atoms with Gasteiger partial charge in [0.15, 0.2) is 0 Å². The monoisotopic (exact) mass is 414 g/mol. The smallest absolute Gasteiger partial charge is 0.221 e. The van der Waals surface area contributed by atoms with Crippen LogP contribution in [0.15, 0.2) is 47.2 Å². The van der Waals surface area contributed by atoms with Gasteiger partial charge in [-0.05, 0) is 30.2 Å². The molecular weight excluding hydrogens is 399 g/mol. The number of amides is 1. The van der Waals surface area contributed by atoms with Gasteiger partial charge in [0.2, 0.25) is 5.91 Å². The third kappa shape index (κ3) is 3.61. The van der Waals surface area contributed by atoms with Gasteiger partial charge in [0.05, 0.1) is 15.7 Å². The summed E-state index contributed by atoms with van der Waals surface area (Å²) in [6.45, 7) is 1.48. The first kappa shape index (κ1) is 18.5. The summed E-state index contributed by atoms with van der Waals surface area (Å²) in [5, 5.41) is 8.90. The third-order valence-electron chi connectivity index (χ3n) is 4.38. The summed E-state index contributed by atoms with van der Waals surface area (Å²) in [7, 11) is 0. The van der Waals surface area contributed by atoms with E-state index in [1.54, 1.807) is 30.6 Å². The number of aromatic nitrogens is 3. The zero-order chi connectivity index (χ0) is 19.7. The molecule has 4 aromatic rings. The average Bonchev–Trinajstić information content (AvgIpc) is 3.30. The van der Waals surface area contributed by atoms with Gasteiger partial charge in [0.1, 0.15) is 17.1 Å². The Bertz CT molecular complexity index is 1150. The number of hydrogen-bond donors (Lipinski definition) is 2. The van der Waals surface area contributed by atoms with Crippen molar-refractivity contribution in [2.75, 3.05) is 5.32 Å². The largest absolute Gasteiger partial charge is 0.361 e. The summed E-state index contributed by atoms with van der Waals surface area (Å²) < 4.78 is 5.46. The lowest BCUT2D eigenvalue weighted by molar-refractivity contribution is -0.114. The van der Waals surface area contributed by atoms with Crippen LogP contribution in [-0.4, -0.2) is 21.0 Å². The molecule has 0 saturated heterocycles. The van der Waals surface area contributed by atoms with E-state index in [-0.39, 0.29) is 5.91 Å². The molecule has 28 heavy (non-hydrogen) atoms. The van der Waals surface area contributed by atoms with Crippen LogP contribution in [-0.2, 0) is 17.6 Å². The summed E-state index contributed by atoms with van der Waals surface area (Å²) in [4.78, 5) is 19.1. The lowest BCUT2D eigenvalue weighted by atomic mass is 10.1. The van der Waals surface area contributed by atoms with E-state index in [0.29, 0.717) is 39.9 Å². The zero-order valence-corrected chi connectivity index (χ0v) is 16.4. The molecule has 0 bridgehead atoms. The van der Waals surface area contributed by atoms with Crippen LogP contribution in [0.4, 0.5) is 5.69 Å². The molecular formula is C20H16Cl2N4O2. The SMILES string of the molecule is CC(=O)Nc1c(CCc2cc(-c3c(Cl)cccc3Cl)no2)cnc2[nH]ccc12. The molecule has 1 aromatic carbocycles. The summed E-state index contributed by atoms with van der Waals surface area (Å²) in [6, 6.07) is 9.02. The van der Waals surface area contributed by atoms with Crippen molar-refractivity contribution in [3.05, 3.63) is 64.1 Å². The molecule has 1 amide bonds. The number of pyridine rings is 1. The number of halogens is 2. The zero-order valence-electron chi connectivity index (χ0n) is 14.9. The number of fused-ring (bicyclic) bond motifs is 1. The Morgan fingerprint density at radius 3 is 2.75 bits per heavy atom. The van der Waals surface area contributed by atoms with Gasteiger partial charge in [-0.2, -0.15) is 0 Å². The summed E-state index contributed by atoms with van der Waals surface area (Å²) in [5.41, 5.74) is 3.63. The number of anilines is 1. The molecule has 0 aliphatic carbocycles. The fourth-order valence-electron chi connectivity index (χ4n) is 3.11. The molecule has 8 heteroatoms. The molecule has 0 aliphatic rings. The Morgan fingerprint density at radius 2 is 2.00 bits per heavy atom. The number of nitrogens with one attached hydrogen (secondary N) is 2. The van der Waals surface area contributed by atoms with Crippen LogP contribution in [0, 0.1) is 0 Å². The molecule has 0 saturated carbocycles. The highest BCUT2D eigenvalue weighted by atomic mass is 35.5. The summed E-state index contributed by atoms with van der Waals surface area (Å²) in [5.74, 6) is 0.555. The van der Waals surface area contributed by atoms with E-state index in [2.05, 4.69) is 20.4 Å². The number of hydrogen-bond acceptors (Lipinski definition) is 4. The number of nitrogens with zero attached hydrogens (tertiary/aromatic N) is 2. The molecule has 0 unspecified atom stereocenters. The van der Waals surface area contributed by atoms with Gasteiger partial charge in [-0.1, -0.05) is 34.4 Å². The Kier molecular flexibility index (Phi) is 5.07. The minimum absolute atomic E-state index is 0.134.